The lowest BCUT2D eigenvalue weighted by molar-refractivity contribution is 0.615. The number of hydrogen-bond acceptors (Lipinski definition) is 2. The van der Waals surface area contributed by atoms with Crippen molar-refractivity contribution in [2.45, 2.75) is 20.8 Å². The van der Waals surface area contributed by atoms with E-state index in [4.69, 9.17) is 8.83 Å². The van der Waals surface area contributed by atoms with Crippen LogP contribution in [0, 0.1) is 6.92 Å². The second kappa shape index (κ2) is 13.8. The van der Waals surface area contributed by atoms with E-state index < -0.39 is 0 Å². The molecule has 0 fully saturated rings. The van der Waals surface area contributed by atoms with E-state index in [1.54, 1.807) is 0 Å². The van der Waals surface area contributed by atoms with E-state index in [-0.39, 0.29) is 0 Å². The minimum atomic E-state index is 0.857. The Bertz CT molecular complexity index is 3490. The number of benzene rings is 7. The van der Waals surface area contributed by atoms with Crippen molar-refractivity contribution in [3.63, 3.8) is 0 Å². The Morgan fingerprint density at radius 2 is 1.10 bits per heavy atom. The van der Waals surface area contributed by atoms with Gasteiger partial charge in [-0.15, -0.1) is 0 Å². The van der Waals surface area contributed by atoms with Crippen LogP contribution in [0.15, 0.2) is 185 Å². The van der Waals surface area contributed by atoms with Crippen molar-refractivity contribution in [2.24, 2.45) is 0 Å². The number of hydrogen-bond donors (Lipinski definition) is 0. The Morgan fingerprint density at radius 3 is 1.80 bits per heavy atom. The summed E-state index contributed by atoms with van der Waals surface area (Å²) in [7, 11) is 0. The smallest absolute Gasteiger partial charge is 0.135 e. The summed E-state index contributed by atoms with van der Waals surface area (Å²) in [5.41, 5.74) is 16.4. The van der Waals surface area contributed by atoms with Crippen molar-refractivity contribution in [1.82, 2.24) is 9.13 Å². The summed E-state index contributed by atoms with van der Waals surface area (Å²) in [6.07, 6.45) is 12.7. The predicted molar refractivity (Wildman–Crippen MR) is 249 cm³/mol. The normalized spacial score (nSPS) is 12.6. The summed E-state index contributed by atoms with van der Waals surface area (Å²) in [4.78, 5) is 0. The van der Waals surface area contributed by atoms with E-state index in [9.17, 15) is 0 Å². The topological polar surface area (TPSA) is 36.1 Å². The highest BCUT2D eigenvalue weighted by molar-refractivity contribution is 6.12. The number of rotatable bonds is 7. The first-order valence-electron chi connectivity index (χ1n) is 20.2. The molecule has 0 aliphatic carbocycles. The maximum Gasteiger partial charge on any atom is 0.135 e. The van der Waals surface area contributed by atoms with Crippen LogP contribution >= 0.6 is 0 Å². The van der Waals surface area contributed by atoms with Crippen molar-refractivity contribution in [2.75, 3.05) is 0 Å². The van der Waals surface area contributed by atoms with Gasteiger partial charge in [0.15, 0.2) is 0 Å². The number of allylic oxidation sites excluding steroid dienone is 4. The molecule has 0 aliphatic heterocycles. The third-order valence-electron chi connectivity index (χ3n) is 11.8. The van der Waals surface area contributed by atoms with Gasteiger partial charge in [-0.1, -0.05) is 103 Å². The largest absolute Gasteiger partial charge is 0.464 e. The Kier molecular flexibility index (Phi) is 8.12. The number of para-hydroxylation sites is 3. The van der Waals surface area contributed by atoms with E-state index in [2.05, 4.69) is 212 Å². The highest BCUT2D eigenvalue weighted by Gasteiger charge is 2.17. The summed E-state index contributed by atoms with van der Waals surface area (Å²) in [5.74, 6) is 0. The first-order chi connectivity index (χ1) is 29.1. The van der Waals surface area contributed by atoms with E-state index in [1.165, 1.54) is 44.0 Å². The van der Waals surface area contributed by atoms with Crippen LogP contribution in [0.25, 0.3) is 111 Å². The van der Waals surface area contributed by atoms with Gasteiger partial charge in [-0.05, 0) is 122 Å². The molecule has 0 spiro atoms. The van der Waals surface area contributed by atoms with Gasteiger partial charge in [0.2, 0.25) is 0 Å². The van der Waals surface area contributed by atoms with Gasteiger partial charge in [0.25, 0.3) is 0 Å². The van der Waals surface area contributed by atoms with Crippen LogP contribution in [0.1, 0.15) is 30.7 Å². The van der Waals surface area contributed by atoms with Crippen LogP contribution in [-0.2, 0) is 0 Å². The quantitative estimate of drug-likeness (QED) is 0.152. The molecule has 0 saturated heterocycles. The van der Waals surface area contributed by atoms with Crippen LogP contribution in [0.4, 0.5) is 0 Å². The molecule has 0 radical (unpaired) electrons. The summed E-state index contributed by atoms with van der Waals surface area (Å²) in [6, 6.07) is 54.3. The van der Waals surface area contributed by atoms with Crippen LogP contribution in [0.5, 0.6) is 0 Å². The molecule has 11 aromatic rings. The molecule has 0 bridgehead atoms. The van der Waals surface area contributed by atoms with Gasteiger partial charge in [-0.2, -0.15) is 0 Å². The third kappa shape index (κ3) is 5.60. The SMILES string of the molecule is C/C=C\C(=C/c1coc2ccc(-c3cccc(-c4ccc5oc6ccc(-n7c(C)c(/C=C\C)c8ccccc87)cc6c5c4)c3)cc12)n1c2ccccc2c2ccccc21. The zero-order chi connectivity index (χ0) is 39.6. The monoisotopic (exact) mass is 760 g/mol. The zero-order valence-corrected chi connectivity index (χ0v) is 33.1. The van der Waals surface area contributed by atoms with Crippen LogP contribution in [-0.4, -0.2) is 9.13 Å². The van der Waals surface area contributed by atoms with Gasteiger partial charge in [0.1, 0.15) is 16.7 Å². The molecule has 59 heavy (non-hydrogen) atoms. The third-order valence-corrected chi connectivity index (χ3v) is 11.8. The standard InChI is InChI=1S/C55H40N2O2/c1-4-13-41(57-51-21-10-7-18-45(51)46-19-8-11-22-52(46)57)30-40-34-58-53-26-23-38(31-47(40)53)36-15-12-16-37(29-36)39-24-27-54-48(32-39)49-33-42(25-28-55(49)59-54)56-35(3)43(14-5-2)44-17-6-9-20-50(44)56/h4-34H,1-3H3/b13-4-,14-5-,41-30+. The van der Waals surface area contributed by atoms with Gasteiger partial charge in [0, 0.05) is 60.5 Å². The summed E-state index contributed by atoms with van der Waals surface area (Å²) in [5, 5.41) is 7.00. The maximum atomic E-state index is 6.40. The molecule has 0 atom stereocenters. The van der Waals surface area contributed by atoms with Gasteiger partial charge in [-0.25, -0.2) is 0 Å². The van der Waals surface area contributed by atoms with Crippen LogP contribution < -0.4 is 0 Å². The zero-order valence-electron chi connectivity index (χ0n) is 33.1. The highest BCUT2D eigenvalue weighted by atomic mass is 16.3. The first kappa shape index (κ1) is 34.7. The average molecular weight is 761 g/mol. The van der Waals surface area contributed by atoms with Crippen molar-refractivity contribution in [3.8, 4) is 27.9 Å². The lowest BCUT2D eigenvalue weighted by atomic mass is 9.97. The second-order valence-electron chi connectivity index (χ2n) is 15.3. The fourth-order valence-electron chi connectivity index (χ4n) is 9.12. The number of fused-ring (bicyclic) bond motifs is 8. The van der Waals surface area contributed by atoms with Crippen LogP contribution in [0.3, 0.4) is 0 Å². The van der Waals surface area contributed by atoms with Crippen molar-refractivity contribution >= 4 is 83.5 Å². The Morgan fingerprint density at radius 1 is 0.508 bits per heavy atom. The summed E-state index contributed by atoms with van der Waals surface area (Å²) >= 11 is 0. The molecule has 0 unspecified atom stereocenters. The molecule has 11 rings (SSSR count). The Balaban J connectivity index is 0.983. The number of furan rings is 2. The maximum absolute atomic E-state index is 6.40. The van der Waals surface area contributed by atoms with Crippen molar-refractivity contribution < 1.29 is 8.83 Å². The summed E-state index contributed by atoms with van der Waals surface area (Å²) < 4.78 is 17.3. The lowest BCUT2D eigenvalue weighted by Gasteiger charge is -2.10. The Hall–Kier alpha value is -7.56. The molecule has 0 N–H and O–H groups in total. The van der Waals surface area contributed by atoms with E-state index in [0.29, 0.717) is 0 Å². The van der Waals surface area contributed by atoms with E-state index in [1.807, 2.05) is 6.26 Å². The first-order valence-corrected chi connectivity index (χ1v) is 20.2. The highest BCUT2D eigenvalue weighted by Crippen LogP contribution is 2.39. The van der Waals surface area contributed by atoms with E-state index in [0.717, 1.165) is 72.1 Å². The summed E-state index contributed by atoms with van der Waals surface area (Å²) in [6.45, 7) is 6.34. The van der Waals surface area contributed by atoms with Gasteiger partial charge >= 0.3 is 0 Å². The fourth-order valence-corrected chi connectivity index (χ4v) is 9.12. The van der Waals surface area contributed by atoms with Gasteiger partial charge in [-0.3, -0.25) is 0 Å². The molecule has 0 aliphatic rings. The molecule has 7 aromatic carbocycles. The molecular formula is C55H40N2O2. The fraction of sp³-hybridized carbons (Fsp3) is 0.0545. The average Bonchev–Trinajstić information content (AvgIpc) is 4.02. The van der Waals surface area contributed by atoms with Crippen LogP contribution in [0.2, 0.25) is 0 Å². The number of nitrogens with zero attached hydrogens (tertiary/aromatic N) is 2. The molecule has 282 valence electrons. The van der Waals surface area contributed by atoms with E-state index >= 15 is 0 Å². The Labute approximate surface area is 341 Å². The van der Waals surface area contributed by atoms with Gasteiger partial charge in [0.05, 0.1) is 22.8 Å². The lowest BCUT2D eigenvalue weighted by Crippen LogP contribution is -1.96. The minimum Gasteiger partial charge on any atom is -0.464 e. The molecule has 4 nitrogen and oxygen atoms in total. The van der Waals surface area contributed by atoms with Crippen molar-refractivity contribution in [1.29, 1.82) is 0 Å². The molecule has 4 heteroatoms. The molecule has 0 saturated carbocycles. The molecule has 4 heterocycles. The minimum absolute atomic E-state index is 0.857. The number of aromatic nitrogens is 2. The second-order valence-corrected chi connectivity index (χ2v) is 15.3. The molecular weight excluding hydrogens is 721 g/mol. The molecule has 4 aromatic heterocycles. The van der Waals surface area contributed by atoms with Gasteiger partial charge < -0.3 is 18.0 Å². The molecule has 0 amide bonds. The van der Waals surface area contributed by atoms with Crippen molar-refractivity contribution in [3.05, 3.63) is 193 Å². The predicted octanol–water partition coefficient (Wildman–Crippen LogP) is 15.6.